The van der Waals surface area contributed by atoms with Gasteiger partial charge in [-0.25, -0.2) is 0 Å². The number of aliphatic hydroxyl groups excluding tert-OH is 1. The van der Waals surface area contributed by atoms with E-state index < -0.39 is 0 Å². The van der Waals surface area contributed by atoms with Crippen LogP contribution in [0.3, 0.4) is 0 Å². The first-order valence-corrected chi connectivity index (χ1v) is 4.67. The Morgan fingerprint density at radius 1 is 1.64 bits per heavy atom. The van der Waals surface area contributed by atoms with Gasteiger partial charge in [0.25, 0.3) is 0 Å². The first-order valence-electron chi connectivity index (χ1n) is 4.67. The van der Waals surface area contributed by atoms with Crippen LogP contribution in [0.4, 0.5) is 5.69 Å². The normalized spacial score (nSPS) is 12.6. The minimum Gasteiger partial charge on any atom is -0.392 e. The summed E-state index contributed by atoms with van der Waals surface area (Å²) in [6, 6.07) is 1.90. The molecular formula is C10H17N3O. The van der Waals surface area contributed by atoms with Gasteiger partial charge in [0, 0.05) is 26.3 Å². The van der Waals surface area contributed by atoms with Crippen LogP contribution in [-0.2, 0) is 6.54 Å². The van der Waals surface area contributed by atoms with Crippen molar-refractivity contribution < 1.29 is 5.11 Å². The van der Waals surface area contributed by atoms with Crippen LogP contribution in [0.15, 0.2) is 18.5 Å². The van der Waals surface area contributed by atoms with Gasteiger partial charge in [-0.1, -0.05) is 0 Å². The zero-order valence-electron chi connectivity index (χ0n) is 8.64. The molecule has 0 saturated carbocycles. The Kier molecular flexibility index (Phi) is 3.85. The minimum atomic E-state index is -0.356. The zero-order valence-corrected chi connectivity index (χ0v) is 8.64. The third kappa shape index (κ3) is 2.68. The molecule has 4 nitrogen and oxygen atoms in total. The predicted octanol–water partition coefficient (Wildman–Crippen LogP) is 0.357. The number of hydrogen-bond donors (Lipinski definition) is 2. The summed E-state index contributed by atoms with van der Waals surface area (Å²) < 4.78 is 0. The second-order valence-electron chi connectivity index (χ2n) is 3.44. The topological polar surface area (TPSA) is 62.4 Å². The van der Waals surface area contributed by atoms with E-state index in [-0.39, 0.29) is 6.10 Å². The number of aromatic nitrogens is 1. The lowest BCUT2D eigenvalue weighted by atomic mass is 10.2. The van der Waals surface area contributed by atoms with E-state index in [1.807, 2.05) is 18.0 Å². The first-order chi connectivity index (χ1) is 6.65. The lowest BCUT2D eigenvalue weighted by molar-refractivity contribution is 0.201. The Hall–Kier alpha value is -1.13. The predicted molar refractivity (Wildman–Crippen MR) is 57.1 cm³/mol. The summed E-state index contributed by atoms with van der Waals surface area (Å²) in [4.78, 5) is 6.00. The maximum atomic E-state index is 9.25. The van der Waals surface area contributed by atoms with Gasteiger partial charge in [0.2, 0.25) is 0 Å². The van der Waals surface area contributed by atoms with Crippen molar-refractivity contribution in [2.24, 2.45) is 5.73 Å². The highest BCUT2D eigenvalue weighted by atomic mass is 16.3. The molecule has 1 rings (SSSR count). The molecule has 1 aromatic rings. The van der Waals surface area contributed by atoms with E-state index in [9.17, 15) is 5.11 Å². The molecule has 0 aliphatic carbocycles. The smallest absolute Gasteiger partial charge is 0.0686 e. The Bertz CT molecular complexity index is 288. The molecule has 3 N–H and O–H groups in total. The van der Waals surface area contributed by atoms with Crippen molar-refractivity contribution in [2.45, 2.75) is 19.6 Å². The molecule has 1 unspecified atom stereocenters. The molecule has 14 heavy (non-hydrogen) atoms. The molecule has 0 aromatic carbocycles. The number of likely N-dealkylation sites (N-methyl/N-ethyl adjacent to an activating group) is 1. The molecule has 0 aliphatic rings. The monoisotopic (exact) mass is 195 g/mol. The van der Waals surface area contributed by atoms with E-state index >= 15 is 0 Å². The van der Waals surface area contributed by atoms with E-state index in [2.05, 4.69) is 4.98 Å². The first kappa shape index (κ1) is 10.9. The van der Waals surface area contributed by atoms with Crippen LogP contribution >= 0.6 is 0 Å². The molecule has 1 aromatic heterocycles. The van der Waals surface area contributed by atoms with Crippen LogP contribution in [0, 0.1) is 0 Å². The highest BCUT2D eigenvalue weighted by molar-refractivity contribution is 5.50. The Balaban J connectivity index is 2.82. The van der Waals surface area contributed by atoms with E-state index in [1.54, 1.807) is 19.3 Å². The van der Waals surface area contributed by atoms with Crippen molar-refractivity contribution in [3.63, 3.8) is 0 Å². The fourth-order valence-corrected chi connectivity index (χ4v) is 1.43. The van der Waals surface area contributed by atoms with Crippen LogP contribution in [0.5, 0.6) is 0 Å². The molecule has 0 spiro atoms. The number of anilines is 1. The van der Waals surface area contributed by atoms with Gasteiger partial charge in [-0.3, -0.25) is 4.98 Å². The molecule has 1 atom stereocenters. The lowest BCUT2D eigenvalue weighted by Crippen LogP contribution is -2.28. The summed E-state index contributed by atoms with van der Waals surface area (Å²) in [7, 11) is 1.92. The molecule has 0 fully saturated rings. The third-order valence-corrected chi connectivity index (χ3v) is 2.06. The van der Waals surface area contributed by atoms with E-state index in [0.717, 1.165) is 11.3 Å². The molecular weight excluding hydrogens is 178 g/mol. The van der Waals surface area contributed by atoms with Crippen molar-refractivity contribution >= 4 is 5.69 Å². The van der Waals surface area contributed by atoms with Crippen molar-refractivity contribution in [3.05, 3.63) is 24.0 Å². The number of nitrogens with zero attached hydrogens (tertiary/aromatic N) is 2. The van der Waals surface area contributed by atoms with Crippen molar-refractivity contribution in [2.75, 3.05) is 18.5 Å². The van der Waals surface area contributed by atoms with Crippen LogP contribution in [-0.4, -0.2) is 29.8 Å². The maximum Gasteiger partial charge on any atom is 0.0686 e. The number of pyridine rings is 1. The molecule has 78 valence electrons. The van der Waals surface area contributed by atoms with Gasteiger partial charge in [0.05, 0.1) is 18.0 Å². The van der Waals surface area contributed by atoms with Crippen molar-refractivity contribution in [3.8, 4) is 0 Å². The molecule has 1 heterocycles. The average Bonchev–Trinajstić information content (AvgIpc) is 2.16. The molecule has 0 radical (unpaired) electrons. The lowest BCUT2D eigenvalue weighted by Gasteiger charge is -2.22. The maximum absolute atomic E-state index is 9.25. The Morgan fingerprint density at radius 2 is 2.36 bits per heavy atom. The summed E-state index contributed by atoms with van der Waals surface area (Å²) in [5, 5.41) is 9.25. The zero-order chi connectivity index (χ0) is 10.6. The highest BCUT2D eigenvalue weighted by Crippen LogP contribution is 2.16. The minimum absolute atomic E-state index is 0.356. The number of aliphatic hydroxyl groups is 1. The van der Waals surface area contributed by atoms with Crippen LogP contribution in [0.25, 0.3) is 0 Å². The molecule has 0 aliphatic heterocycles. The average molecular weight is 195 g/mol. The number of hydrogen-bond acceptors (Lipinski definition) is 4. The fourth-order valence-electron chi connectivity index (χ4n) is 1.43. The largest absolute Gasteiger partial charge is 0.392 e. The summed E-state index contributed by atoms with van der Waals surface area (Å²) in [6.07, 6.45) is 3.14. The van der Waals surface area contributed by atoms with Gasteiger partial charge in [0.1, 0.15) is 0 Å². The van der Waals surface area contributed by atoms with Gasteiger partial charge in [0.15, 0.2) is 0 Å². The molecule has 0 bridgehead atoms. The van der Waals surface area contributed by atoms with Gasteiger partial charge in [-0.15, -0.1) is 0 Å². The van der Waals surface area contributed by atoms with E-state index in [1.165, 1.54) is 0 Å². The molecule has 0 amide bonds. The third-order valence-electron chi connectivity index (χ3n) is 2.06. The van der Waals surface area contributed by atoms with Gasteiger partial charge in [-0.2, -0.15) is 0 Å². The van der Waals surface area contributed by atoms with Gasteiger partial charge < -0.3 is 15.7 Å². The number of rotatable bonds is 4. The summed E-state index contributed by atoms with van der Waals surface area (Å²) in [5.74, 6) is 0. The van der Waals surface area contributed by atoms with E-state index in [0.29, 0.717) is 13.1 Å². The van der Waals surface area contributed by atoms with Crippen molar-refractivity contribution in [1.29, 1.82) is 0 Å². The van der Waals surface area contributed by atoms with Crippen LogP contribution in [0.1, 0.15) is 12.5 Å². The second kappa shape index (κ2) is 4.93. The quantitative estimate of drug-likeness (QED) is 0.728. The fraction of sp³-hybridized carbons (Fsp3) is 0.500. The SMILES string of the molecule is CC(O)CN(C)c1cnccc1CN. The summed E-state index contributed by atoms with van der Waals surface area (Å²) in [5.41, 5.74) is 7.63. The summed E-state index contributed by atoms with van der Waals surface area (Å²) >= 11 is 0. The molecule has 4 heteroatoms. The summed E-state index contributed by atoms with van der Waals surface area (Å²) in [6.45, 7) is 2.83. The molecule has 0 saturated heterocycles. The van der Waals surface area contributed by atoms with Gasteiger partial charge in [-0.05, 0) is 18.6 Å². The van der Waals surface area contributed by atoms with Crippen LogP contribution < -0.4 is 10.6 Å². The second-order valence-corrected chi connectivity index (χ2v) is 3.44. The number of nitrogens with two attached hydrogens (primary N) is 1. The van der Waals surface area contributed by atoms with Gasteiger partial charge >= 0.3 is 0 Å². The Labute approximate surface area is 84.4 Å². The standard InChI is InChI=1S/C10H17N3O/c1-8(14)7-13(2)10-6-12-4-3-9(10)5-11/h3-4,6,8,14H,5,7,11H2,1-2H3. The van der Waals surface area contributed by atoms with Crippen LogP contribution in [0.2, 0.25) is 0 Å². The highest BCUT2D eigenvalue weighted by Gasteiger charge is 2.08. The Morgan fingerprint density at radius 3 is 2.93 bits per heavy atom. The van der Waals surface area contributed by atoms with E-state index in [4.69, 9.17) is 5.73 Å². The van der Waals surface area contributed by atoms with Crippen molar-refractivity contribution in [1.82, 2.24) is 4.98 Å².